The van der Waals surface area contributed by atoms with Gasteiger partial charge in [0.2, 0.25) is 0 Å². The van der Waals surface area contributed by atoms with Gasteiger partial charge in [0.1, 0.15) is 0 Å². The summed E-state index contributed by atoms with van der Waals surface area (Å²) in [7, 11) is 0. The zero-order valence-corrected chi connectivity index (χ0v) is 9.82. The first-order chi connectivity index (χ1) is 7.84. The molecule has 0 aromatic heterocycles. The minimum atomic E-state index is 0.421. The molecular weight excluding hydrogens is 196 g/mol. The Hall–Kier alpha value is -1.08. The maximum atomic E-state index is 5.73. The van der Waals surface area contributed by atoms with Gasteiger partial charge in [0.15, 0.2) is 0 Å². The van der Waals surface area contributed by atoms with Gasteiger partial charge in [-0.1, -0.05) is 42.5 Å². The third kappa shape index (κ3) is 3.49. The van der Waals surface area contributed by atoms with Gasteiger partial charge < -0.3 is 4.74 Å². The molecule has 1 aromatic carbocycles. The molecular formula is C15H20O. The van der Waals surface area contributed by atoms with Crippen LogP contribution in [0.4, 0.5) is 0 Å². The van der Waals surface area contributed by atoms with E-state index in [2.05, 4.69) is 36.9 Å². The van der Waals surface area contributed by atoms with E-state index >= 15 is 0 Å². The predicted molar refractivity (Wildman–Crippen MR) is 67.5 cm³/mol. The van der Waals surface area contributed by atoms with E-state index in [9.17, 15) is 0 Å². The fourth-order valence-corrected chi connectivity index (χ4v) is 2.22. The third-order valence-electron chi connectivity index (χ3n) is 3.16. The average molecular weight is 216 g/mol. The fraction of sp³-hybridized carbons (Fsp3) is 0.467. The topological polar surface area (TPSA) is 9.23 Å². The molecule has 1 atom stereocenters. The number of rotatable bonds is 4. The van der Waals surface area contributed by atoms with Gasteiger partial charge in [-0.3, -0.25) is 0 Å². The van der Waals surface area contributed by atoms with Gasteiger partial charge in [0, 0.05) is 0 Å². The number of aryl methyl sites for hydroxylation is 1. The average Bonchev–Trinajstić information content (AvgIpc) is 2.30. The Labute approximate surface area is 98.1 Å². The highest BCUT2D eigenvalue weighted by Gasteiger charge is 2.15. The number of benzene rings is 1. The highest BCUT2D eigenvalue weighted by molar-refractivity contribution is 5.14. The summed E-state index contributed by atoms with van der Waals surface area (Å²) in [5.41, 5.74) is 2.79. The molecule has 1 saturated heterocycles. The van der Waals surface area contributed by atoms with Gasteiger partial charge in [-0.25, -0.2) is 0 Å². The molecule has 1 unspecified atom stereocenters. The molecule has 1 heterocycles. The van der Waals surface area contributed by atoms with Gasteiger partial charge in [-0.2, -0.15) is 0 Å². The first-order valence-corrected chi connectivity index (χ1v) is 6.17. The SMILES string of the molecule is C=C1CCOC(CCCc2ccccc2)C1. The Balaban J connectivity index is 1.70. The molecule has 0 aliphatic carbocycles. The van der Waals surface area contributed by atoms with E-state index in [1.807, 2.05) is 0 Å². The lowest BCUT2D eigenvalue weighted by Gasteiger charge is -2.24. The molecule has 0 amide bonds. The van der Waals surface area contributed by atoms with Crippen LogP contribution in [0.2, 0.25) is 0 Å². The Morgan fingerprint density at radius 2 is 2.06 bits per heavy atom. The summed E-state index contributed by atoms with van der Waals surface area (Å²) in [4.78, 5) is 0. The van der Waals surface area contributed by atoms with E-state index in [4.69, 9.17) is 4.74 Å². The van der Waals surface area contributed by atoms with Crippen molar-refractivity contribution in [2.24, 2.45) is 0 Å². The van der Waals surface area contributed by atoms with Crippen LogP contribution in [-0.4, -0.2) is 12.7 Å². The fourth-order valence-electron chi connectivity index (χ4n) is 2.22. The van der Waals surface area contributed by atoms with Crippen molar-refractivity contribution in [3.63, 3.8) is 0 Å². The molecule has 1 aliphatic rings. The Bertz CT molecular complexity index is 329. The van der Waals surface area contributed by atoms with Gasteiger partial charge in [0.25, 0.3) is 0 Å². The molecule has 1 heteroatoms. The third-order valence-corrected chi connectivity index (χ3v) is 3.16. The maximum Gasteiger partial charge on any atom is 0.0612 e. The molecule has 16 heavy (non-hydrogen) atoms. The van der Waals surface area contributed by atoms with E-state index < -0.39 is 0 Å². The van der Waals surface area contributed by atoms with E-state index in [0.717, 1.165) is 32.3 Å². The van der Waals surface area contributed by atoms with Gasteiger partial charge >= 0.3 is 0 Å². The lowest BCUT2D eigenvalue weighted by atomic mass is 9.98. The molecule has 1 nitrogen and oxygen atoms in total. The second-order valence-corrected chi connectivity index (χ2v) is 4.57. The van der Waals surface area contributed by atoms with Crippen molar-refractivity contribution < 1.29 is 4.74 Å². The molecule has 86 valence electrons. The summed E-state index contributed by atoms with van der Waals surface area (Å²) in [5.74, 6) is 0. The van der Waals surface area contributed by atoms with Crippen LogP contribution in [0, 0.1) is 0 Å². The minimum absolute atomic E-state index is 0.421. The van der Waals surface area contributed by atoms with Crippen molar-refractivity contribution in [2.75, 3.05) is 6.61 Å². The Kier molecular flexibility index (Phi) is 4.17. The van der Waals surface area contributed by atoms with Crippen LogP contribution in [-0.2, 0) is 11.2 Å². The van der Waals surface area contributed by atoms with Gasteiger partial charge in [0.05, 0.1) is 12.7 Å². The molecule has 0 radical (unpaired) electrons. The molecule has 1 fully saturated rings. The maximum absolute atomic E-state index is 5.73. The Morgan fingerprint density at radius 1 is 1.25 bits per heavy atom. The Morgan fingerprint density at radius 3 is 2.81 bits per heavy atom. The van der Waals surface area contributed by atoms with Gasteiger partial charge in [-0.05, 0) is 37.7 Å². The highest BCUT2D eigenvalue weighted by atomic mass is 16.5. The van der Waals surface area contributed by atoms with E-state index in [1.54, 1.807) is 0 Å². The predicted octanol–water partition coefficient (Wildman–Crippen LogP) is 3.74. The van der Waals surface area contributed by atoms with Crippen LogP contribution in [0.15, 0.2) is 42.5 Å². The molecule has 1 aliphatic heterocycles. The van der Waals surface area contributed by atoms with Crippen molar-refractivity contribution in [3.8, 4) is 0 Å². The van der Waals surface area contributed by atoms with Crippen molar-refractivity contribution in [3.05, 3.63) is 48.0 Å². The molecule has 0 saturated carbocycles. The van der Waals surface area contributed by atoms with Gasteiger partial charge in [-0.15, -0.1) is 0 Å². The van der Waals surface area contributed by atoms with Crippen LogP contribution in [0.5, 0.6) is 0 Å². The number of ether oxygens (including phenoxy) is 1. The first kappa shape index (κ1) is 11.4. The van der Waals surface area contributed by atoms with Crippen LogP contribution >= 0.6 is 0 Å². The van der Waals surface area contributed by atoms with Crippen molar-refractivity contribution in [1.82, 2.24) is 0 Å². The lowest BCUT2D eigenvalue weighted by molar-refractivity contribution is 0.0296. The summed E-state index contributed by atoms with van der Waals surface area (Å²) >= 11 is 0. The highest BCUT2D eigenvalue weighted by Crippen LogP contribution is 2.21. The smallest absolute Gasteiger partial charge is 0.0612 e. The van der Waals surface area contributed by atoms with Crippen molar-refractivity contribution >= 4 is 0 Å². The van der Waals surface area contributed by atoms with Crippen molar-refractivity contribution in [1.29, 1.82) is 0 Å². The standard InChI is InChI=1S/C15H20O/c1-13-10-11-16-15(12-13)9-5-8-14-6-3-2-4-7-14/h2-4,6-7,15H,1,5,8-12H2. The second kappa shape index (κ2) is 5.86. The molecule has 0 spiro atoms. The lowest BCUT2D eigenvalue weighted by Crippen LogP contribution is -2.20. The molecule has 1 aromatic rings. The minimum Gasteiger partial charge on any atom is -0.378 e. The summed E-state index contributed by atoms with van der Waals surface area (Å²) in [6.45, 7) is 4.92. The quantitative estimate of drug-likeness (QED) is 0.697. The van der Waals surface area contributed by atoms with Crippen molar-refractivity contribution in [2.45, 2.75) is 38.2 Å². The number of hydrogen-bond acceptors (Lipinski definition) is 1. The van der Waals surface area contributed by atoms with Crippen LogP contribution in [0.25, 0.3) is 0 Å². The largest absolute Gasteiger partial charge is 0.378 e. The zero-order valence-electron chi connectivity index (χ0n) is 9.82. The monoisotopic (exact) mass is 216 g/mol. The summed E-state index contributed by atoms with van der Waals surface area (Å²) in [6.07, 6.45) is 6.07. The van der Waals surface area contributed by atoms with Crippen LogP contribution < -0.4 is 0 Å². The van der Waals surface area contributed by atoms with Crippen LogP contribution in [0.1, 0.15) is 31.2 Å². The zero-order chi connectivity index (χ0) is 11.2. The van der Waals surface area contributed by atoms with E-state index in [-0.39, 0.29) is 0 Å². The van der Waals surface area contributed by atoms with E-state index in [1.165, 1.54) is 17.6 Å². The summed E-state index contributed by atoms with van der Waals surface area (Å²) in [5, 5.41) is 0. The first-order valence-electron chi connectivity index (χ1n) is 6.17. The van der Waals surface area contributed by atoms with E-state index in [0.29, 0.717) is 6.10 Å². The summed E-state index contributed by atoms with van der Waals surface area (Å²) in [6, 6.07) is 10.7. The molecule has 0 N–H and O–H groups in total. The van der Waals surface area contributed by atoms with Crippen LogP contribution in [0.3, 0.4) is 0 Å². The molecule has 0 bridgehead atoms. The second-order valence-electron chi connectivity index (χ2n) is 4.57. The summed E-state index contributed by atoms with van der Waals surface area (Å²) < 4.78 is 5.73. The molecule has 2 rings (SSSR count). The normalized spacial score (nSPS) is 21.0. The number of hydrogen-bond donors (Lipinski definition) is 0.